The number of benzene rings is 1. The lowest BCUT2D eigenvalue weighted by Crippen LogP contribution is -2.42. The van der Waals surface area contributed by atoms with E-state index in [1.54, 1.807) is 10.7 Å². The summed E-state index contributed by atoms with van der Waals surface area (Å²) in [6.07, 6.45) is 1.71. The van der Waals surface area contributed by atoms with Crippen molar-refractivity contribution >= 4 is 50.1 Å². The lowest BCUT2D eigenvalue weighted by molar-refractivity contribution is 0.0388. The van der Waals surface area contributed by atoms with Gasteiger partial charge in [0.2, 0.25) is 5.16 Å². The Bertz CT molecular complexity index is 1200. The Kier molecular flexibility index (Phi) is 5.93. The number of morpholine rings is 1. The lowest BCUT2D eigenvalue weighted by Gasteiger charge is -2.26. The Hall–Kier alpha value is -2.80. The SMILES string of the molecule is O=C(NCCN1CCOCC1)Nc1nc2ccc(Sc3nnc4cccnn34)cc2s1. The summed E-state index contributed by atoms with van der Waals surface area (Å²) in [5, 5.41) is 19.6. The highest BCUT2D eigenvalue weighted by atomic mass is 32.2. The molecule has 160 valence electrons. The molecule has 1 saturated heterocycles. The zero-order valence-electron chi connectivity index (χ0n) is 16.5. The number of aromatic nitrogens is 5. The van der Waals surface area contributed by atoms with Crippen molar-refractivity contribution in [2.45, 2.75) is 10.1 Å². The highest BCUT2D eigenvalue weighted by Gasteiger charge is 2.13. The van der Waals surface area contributed by atoms with E-state index < -0.39 is 0 Å². The standard InChI is InChI=1S/C19H20N8O2S2/c28-17(20-6-7-26-8-10-29-11-9-26)23-18-22-14-4-3-13(12-15(14)31-18)30-19-25-24-16-2-1-5-21-27(16)19/h1-5,12H,6-11H2,(H2,20,22,23,28). The monoisotopic (exact) mass is 456 g/mol. The molecule has 2 amide bonds. The van der Waals surface area contributed by atoms with Gasteiger partial charge in [-0.1, -0.05) is 11.3 Å². The smallest absolute Gasteiger partial charge is 0.321 e. The molecule has 1 aliphatic rings. The summed E-state index contributed by atoms with van der Waals surface area (Å²) in [6, 6.07) is 9.39. The highest BCUT2D eigenvalue weighted by Crippen LogP contribution is 2.32. The van der Waals surface area contributed by atoms with Crippen molar-refractivity contribution in [3.63, 3.8) is 0 Å². The molecule has 0 spiro atoms. The van der Waals surface area contributed by atoms with E-state index in [1.807, 2.05) is 30.3 Å². The number of ether oxygens (including phenoxy) is 1. The van der Waals surface area contributed by atoms with E-state index in [1.165, 1.54) is 23.1 Å². The third kappa shape index (κ3) is 4.77. The van der Waals surface area contributed by atoms with E-state index >= 15 is 0 Å². The van der Waals surface area contributed by atoms with E-state index in [2.05, 4.69) is 35.8 Å². The Morgan fingerprint density at radius 3 is 3.03 bits per heavy atom. The Labute approximate surface area is 186 Å². The van der Waals surface area contributed by atoms with Crippen LogP contribution in [0.4, 0.5) is 9.93 Å². The molecular formula is C19H20N8O2S2. The minimum absolute atomic E-state index is 0.247. The van der Waals surface area contributed by atoms with Crippen LogP contribution >= 0.6 is 23.1 Å². The second-order valence-electron chi connectivity index (χ2n) is 6.86. The number of carbonyl (C=O) groups excluding carboxylic acids is 1. The van der Waals surface area contributed by atoms with Crippen molar-refractivity contribution in [3.05, 3.63) is 36.5 Å². The first-order valence-corrected chi connectivity index (χ1v) is 11.5. The van der Waals surface area contributed by atoms with Gasteiger partial charge in [-0.15, -0.1) is 10.2 Å². The Morgan fingerprint density at radius 2 is 2.13 bits per heavy atom. The van der Waals surface area contributed by atoms with Crippen LogP contribution in [0.2, 0.25) is 0 Å². The molecule has 0 aliphatic carbocycles. The summed E-state index contributed by atoms with van der Waals surface area (Å²) in [6.45, 7) is 4.70. The van der Waals surface area contributed by atoms with Crippen LogP contribution in [-0.4, -0.2) is 75.1 Å². The van der Waals surface area contributed by atoms with Gasteiger partial charge in [0.1, 0.15) is 0 Å². The van der Waals surface area contributed by atoms with Crippen molar-refractivity contribution in [1.29, 1.82) is 0 Å². The number of amides is 2. The summed E-state index contributed by atoms with van der Waals surface area (Å²) in [5.41, 5.74) is 1.54. The van der Waals surface area contributed by atoms with Gasteiger partial charge in [-0.2, -0.15) is 9.61 Å². The van der Waals surface area contributed by atoms with E-state index in [4.69, 9.17) is 4.74 Å². The number of rotatable bonds is 6. The fraction of sp³-hybridized carbons (Fsp3) is 0.316. The molecule has 1 fully saturated rings. The highest BCUT2D eigenvalue weighted by molar-refractivity contribution is 7.99. The van der Waals surface area contributed by atoms with Crippen molar-refractivity contribution in [2.75, 3.05) is 44.7 Å². The molecule has 1 aromatic carbocycles. The van der Waals surface area contributed by atoms with Crippen LogP contribution in [0.25, 0.3) is 15.9 Å². The minimum atomic E-state index is -0.247. The third-order valence-corrected chi connectivity index (χ3v) is 6.62. The summed E-state index contributed by atoms with van der Waals surface area (Å²) in [4.78, 5) is 20.0. The molecular weight excluding hydrogens is 436 g/mol. The van der Waals surface area contributed by atoms with Gasteiger partial charge in [-0.05, 0) is 42.1 Å². The number of hydrogen-bond acceptors (Lipinski definition) is 9. The molecule has 0 atom stereocenters. The molecule has 0 bridgehead atoms. The van der Waals surface area contributed by atoms with Crippen LogP contribution in [0.1, 0.15) is 0 Å². The van der Waals surface area contributed by atoms with Crippen molar-refractivity contribution in [1.82, 2.24) is 35.0 Å². The molecule has 10 nitrogen and oxygen atoms in total. The molecule has 4 heterocycles. The third-order valence-electron chi connectivity index (χ3n) is 4.76. The number of carbonyl (C=O) groups is 1. The van der Waals surface area contributed by atoms with Gasteiger partial charge < -0.3 is 10.1 Å². The quantitative estimate of drug-likeness (QED) is 0.455. The van der Waals surface area contributed by atoms with E-state index in [0.717, 1.165) is 48.0 Å². The van der Waals surface area contributed by atoms with Crippen LogP contribution in [0, 0.1) is 0 Å². The maximum atomic E-state index is 12.2. The first-order chi connectivity index (χ1) is 15.2. The fourth-order valence-electron chi connectivity index (χ4n) is 3.21. The Balaban J connectivity index is 1.20. The maximum absolute atomic E-state index is 12.2. The van der Waals surface area contributed by atoms with Gasteiger partial charge in [0.15, 0.2) is 10.8 Å². The van der Waals surface area contributed by atoms with Gasteiger partial charge in [0, 0.05) is 37.3 Å². The summed E-state index contributed by atoms with van der Waals surface area (Å²) in [5.74, 6) is 0. The number of nitrogens with zero attached hydrogens (tertiary/aromatic N) is 6. The predicted octanol–water partition coefficient (Wildman–Crippen LogP) is 2.34. The molecule has 1 aliphatic heterocycles. The van der Waals surface area contributed by atoms with Gasteiger partial charge in [-0.25, -0.2) is 9.78 Å². The van der Waals surface area contributed by atoms with Gasteiger partial charge >= 0.3 is 6.03 Å². The molecule has 12 heteroatoms. The molecule has 4 aromatic rings. The van der Waals surface area contributed by atoms with Crippen molar-refractivity contribution in [3.8, 4) is 0 Å². The predicted molar refractivity (Wildman–Crippen MR) is 119 cm³/mol. The minimum Gasteiger partial charge on any atom is -0.379 e. The van der Waals surface area contributed by atoms with Crippen molar-refractivity contribution in [2.24, 2.45) is 0 Å². The number of urea groups is 1. The summed E-state index contributed by atoms with van der Waals surface area (Å²) < 4.78 is 8.02. The first-order valence-electron chi connectivity index (χ1n) is 9.84. The molecule has 0 radical (unpaired) electrons. The Morgan fingerprint density at radius 1 is 1.23 bits per heavy atom. The number of fused-ring (bicyclic) bond motifs is 2. The fourth-order valence-corrected chi connectivity index (χ4v) is 5.02. The van der Waals surface area contributed by atoms with Crippen LogP contribution < -0.4 is 10.6 Å². The van der Waals surface area contributed by atoms with Crippen LogP contribution in [-0.2, 0) is 4.74 Å². The normalized spacial score (nSPS) is 14.8. The van der Waals surface area contributed by atoms with E-state index in [9.17, 15) is 4.79 Å². The average Bonchev–Trinajstić information content (AvgIpc) is 3.38. The molecule has 5 rings (SSSR count). The first kappa shape index (κ1) is 20.1. The number of anilines is 1. The molecule has 0 saturated carbocycles. The summed E-state index contributed by atoms with van der Waals surface area (Å²) >= 11 is 2.91. The van der Waals surface area contributed by atoms with E-state index in [-0.39, 0.29) is 6.03 Å². The number of nitrogens with one attached hydrogen (secondary N) is 2. The van der Waals surface area contributed by atoms with Gasteiger partial charge in [-0.3, -0.25) is 10.2 Å². The van der Waals surface area contributed by atoms with Crippen molar-refractivity contribution < 1.29 is 9.53 Å². The van der Waals surface area contributed by atoms with Gasteiger partial charge in [0.05, 0.1) is 23.4 Å². The second-order valence-corrected chi connectivity index (χ2v) is 8.93. The zero-order chi connectivity index (χ0) is 21.0. The molecule has 3 aromatic heterocycles. The lowest BCUT2D eigenvalue weighted by atomic mass is 10.3. The molecule has 31 heavy (non-hydrogen) atoms. The van der Waals surface area contributed by atoms with Crippen LogP contribution in [0.5, 0.6) is 0 Å². The second kappa shape index (κ2) is 9.14. The number of hydrogen-bond donors (Lipinski definition) is 2. The topological polar surface area (TPSA) is 110 Å². The molecule has 2 N–H and O–H groups in total. The maximum Gasteiger partial charge on any atom is 0.321 e. The van der Waals surface area contributed by atoms with Crippen LogP contribution in [0.15, 0.2) is 46.6 Å². The summed E-state index contributed by atoms with van der Waals surface area (Å²) in [7, 11) is 0. The largest absolute Gasteiger partial charge is 0.379 e. The van der Waals surface area contributed by atoms with E-state index in [0.29, 0.717) is 22.5 Å². The van der Waals surface area contributed by atoms with Gasteiger partial charge in [0.25, 0.3) is 0 Å². The van der Waals surface area contributed by atoms with Crippen LogP contribution in [0.3, 0.4) is 0 Å². The number of thiazole rings is 1. The zero-order valence-corrected chi connectivity index (χ0v) is 18.2. The molecule has 0 unspecified atom stereocenters. The average molecular weight is 457 g/mol.